The van der Waals surface area contributed by atoms with E-state index in [0.717, 1.165) is 26.0 Å². The van der Waals surface area contributed by atoms with E-state index in [9.17, 15) is 9.59 Å². The number of fused-ring (bicyclic) bond motifs is 2. The molecule has 0 saturated heterocycles. The second-order valence-electron chi connectivity index (χ2n) is 5.60. The Kier molecular flexibility index (Phi) is 4.10. The minimum Gasteiger partial charge on any atom is -0.497 e. The highest BCUT2D eigenvalue weighted by atomic mass is 32.1. The summed E-state index contributed by atoms with van der Waals surface area (Å²) >= 11 is 1.34. The van der Waals surface area contributed by atoms with Crippen LogP contribution in [0.4, 0.5) is 5.13 Å². The first-order valence-corrected chi connectivity index (χ1v) is 8.65. The molecule has 0 spiro atoms. The number of anilines is 1. The predicted octanol–water partition coefficient (Wildman–Crippen LogP) is 2.65. The second kappa shape index (κ2) is 6.57. The van der Waals surface area contributed by atoms with E-state index in [1.165, 1.54) is 11.3 Å². The molecule has 0 aliphatic rings. The average molecular weight is 366 g/mol. The van der Waals surface area contributed by atoms with Crippen molar-refractivity contribution < 1.29 is 9.53 Å². The van der Waals surface area contributed by atoms with Crippen molar-refractivity contribution in [2.75, 3.05) is 12.4 Å². The number of ether oxygens (including phenoxy) is 1. The molecule has 0 radical (unpaired) electrons. The Balaban J connectivity index is 1.56. The van der Waals surface area contributed by atoms with Crippen molar-refractivity contribution in [3.05, 3.63) is 59.0 Å². The Labute approximate surface area is 151 Å². The number of carbonyl (C=O) groups is 1. The molecule has 0 bridgehead atoms. The zero-order valence-corrected chi connectivity index (χ0v) is 14.6. The van der Waals surface area contributed by atoms with Gasteiger partial charge in [-0.3, -0.25) is 9.59 Å². The van der Waals surface area contributed by atoms with Gasteiger partial charge in [-0.1, -0.05) is 29.5 Å². The van der Waals surface area contributed by atoms with Crippen LogP contribution in [0.1, 0.15) is 0 Å². The Morgan fingerprint density at radius 3 is 2.96 bits per heavy atom. The van der Waals surface area contributed by atoms with Crippen LogP contribution < -0.4 is 15.6 Å². The minimum absolute atomic E-state index is 0.178. The lowest BCUT2D eigenvalue weighted by Gasteiger charge is -2.05. The first-order valence-electron chi connectivity index (χ1n) is 7.83. The highest BCUT2D eigenvalue weighted by Gasteiger charge is 2.11. The summed E-state index contributed by atoms with van der Waals surface area (Å²) in [5.41, 5.74) is 0.472. The van der Waals surface area contributed by atoms with E-state index in [1.54, 1.807) is 25.4 Å². The Morgan fingerprint density at radius 2 is 2.12 bits per heavy atom. The molecular weight excluding hydrogens is 352 g/mol. The molecule has 1 amide bonds. The molecule has 130 valence electrons. The van der Waals surface area contributed by atoms with Crippen LogP contribution in [0, 0.1) is 0 Å². The standard InChI is InChI=1S/C18H14N4O3S/c1-25-12-6-7-14-15(8-12)26-18(20-14)21-16(23)10-22-17(24)13-5-3-2-4-11(13)9-19-22/h2-9H,10H2,1H3,(H,20,21,23). The number of amides is 1. The fourth-order valence-corrected chi connectivity index (χ4v) is 3.53. The van der Waals surface area contributed by atoms with Gasteiger partial charge in [0.2, 0.25) is 5.91 Å². The van der Waals surface area contributed by atoms with E-state index >= 15 is 0 Å². The van der Waals surface area contributed by atoms with E-state index in [2.05, 4.69) is 15.4 Å². The molecule has 1 N–H and O–H groups in total. The van der Waals surface area contributed by atoms with Crippen molar-refractivity contribution in [2.45, 2.75) is 6.54 Å². The summed E-state index contributed by atoms with van der Waals surface area (Å²) in [5.74, 6) is 0.367. The molecule has 8 heteroatoms. The highest BCUT2D eigenvalue weighted by Crippen LogP contribution is 2.29. The van der Waals surface area contributed by atoms with Gasteiger partial charge in [0.25, 0.3) is 5.56 Å². The SMILES string of the molecule is COc1ccc2nc(NC(=O)Cn3ncc4ccccc4c3=O)sc2c1. The number of rotatable bonds is 4. The van der Waals surface area contributed by atoms with Crippen molar-refractivity contribution in [1.82, 2.24) is 14.8 Å². The van der Waals surface area contributed by atoms with E-state index < -0.39 is 0 Å². The quantitative estimate of drug-likeness (QED) is 0.600. The molecule has 0 unspecified atom stereocenters. The van der Waals surface area contributed by atoms with Crippen LogP contribution in [0.25, 0.3) is 21.0 Å². The van der Waals surface area contributed by atoms with Crippen LogP contribution in [-0.2, 0) is 11.3 Å². The third-order valence-electron chi connectivity index (χ3n) is 3.90. The van der Waals surface area contributed by atoms with E-state index in [4.69, 9.17) is 4.74 Å². The molecule has 7 nitrogen and oxygen atoms in total. The van der Waals surface area contributed by atoms with Crippen LogP contribution in [0.2, 0.25) is 0 Å². The topological polar surface area (TPSA) is 86.1 Å². The van der Waals surface area contributed by atoms with E-state index in [0.29, 0.717) is 10.5 Å². The molecule has 4 rings (SSSR count). The number of thiazole rings is 1. The van der Waals surface area contributed by atoms with Gasteiger partial charge in [0.1, 0.15) is 12.3 Å². The maximum absolute atomic E-state index is 12.4. The van der Waals surface area contributed by atoms with Gasteiger partial charge in [0.15, 0.2) is 5.13 Å². The molecule has 2 aromatic heterocycles. The van der Waals surface area contributed by atoms with Crippen LogP contribution >= 0.6 is 11.3 Å². The summed E-state index contributed by atoms with van der Waals surface area (Å²) in [5, 5.41) is 8.52. The Bertz CT molecular complexity index is 1180. The van der Waals surface area contributed by atoms with Crippen molar-refractivity contribution in [1.29, 1.82) is 0 Å². The minimum atomic E-state index is -0.360. The summed E-state index contributed by atoms with van der Waals surface area (Å²) in [7, 11) is 1.60. The average Bonchev–Trinajstić information content (AvgIpc) is 3.05. The zero-order chi connectivity index (χ0) is 18.1. The molecule has 0 fully saturated rings. The number of nitrogens with zero attached hydrogens (tertiary/aromatic N) is 3. The first kappa shape index (κ1) is 16.2. The van der Waals surface area contributed by atoms with E-state index in [1.807, 2.05) is 30.3 Å². The van der Waals surface area contributed by atoms with E-state index in [-0.39, 0.29) is 18.0 Å². The van der Waals surface area contributed by atoms with Crippen molar-refractivity contribution in [3.8, 4) is 5.75 Å². The maximum atomic E-state index is 12.4. The Hall–Kier alpha value is -3.26. The number of nitrogens with one attached hydrogen (secondary N) is 1. The van der Waals surface area contributed by atoms with Gasteiger partial charge >= 0.3 is 0 Å². The third-order valence-corrected chi connectivity index (χ3v) is 4.83. The number of methoxy groups -OCH3 is 1. The van der Waals surface area contributed by atoms with Gasteiger partial charge in [-0.2, -0.15) is 5.10 Å². The predicted molar refractivity (Wildman–Crippen MR) is 101 cm³/mol. The van der Waals surface area contributed by atoms with Crippen molar-refractivity contribution in [2.24, 2.45) is 0 Å². The van der Waals surface area contributed by atoms with Gasteiger partial charge in [0.05, 0.1) is 28.9 Å². The van der Waals surface area contributed by atoms with Crippen molar-refractivity contribution in [3.63, 3.8) is 0 Å². The molecule has 0 saturated carbocycles. The summed E-state index contributed by atoms with van der Waals surface area (Å²) in [4.78, 5) is 29.1. The van der Waals surface area contributed by atoms with Crippen LogP contribution in [0.5, 0.6) is 5.75 Å². The summed E-state index contributed by atoms with van der Waals surface area (Å²) in [6, 6.07) is 12.6. The smallest absolute Gasteiger partial charge is 0.275 e. The number of aromatic nitrogens is 3. The van der Waals surface area contributed by atoms with Crippen LogP contribution in [0.15, 0.2) is 53.5 Å². The second-order valence-corrected chi connectivity index (χ2v) is 6.63. The summed E-state index contributed by atoms with van der Waals surface area (Å²) < 4.78 is 7.24. The number of hydrogen-bond acceptors (Lipinski definition) is 6. The number of carbonyl (C=O) groups excluding carboxylic acids is 1. The lowest BCUT2D eigenvalue weighted by molar-refractivity contribution is -0.117. The lowest BCUT2D eigenvalue weighted by atomic mass is 10.2. The molecule has 0 atom stereocenters. The molecule has 2 aromatic carbocycles. The molecular formula is C18H14N4O3S. The lowest BCUT2D eigenvalue weighted by Crippen LogP contribution is -2.29. The first-order chi connectivity index (χ1) is 12.6. The molecule has 2 heterocycles. The normalized spacial score (nSPS) is 11.0. The molecule has 0 aliphatic heterocycles. The van der Waals surface area contributed by atoms with Crippen LogP contribution in [0.3, 0.4) is 0 Å². The van der Waals surface area contributed by atoms with Gasteiger partial charge in [0, 0.05) is 5.39 Å². The van der Waals surface area contributed by atoms with Crippen molar-refractivity contribution >= 4 is 43.4 Å². The number of benzene rings is 2. The highest BCUT2D eigenvalue weighted by molar-refractivity contribution is 7.22. The monoisotopic (exact) mass is 366 g/mol. The molecule has 0 aliphatic carbocycles. The molecule has 26 heavy (non-hydrogen) atoms. The zero-order valence-electron chi connectivity index (χ0n) is 13.8. The fraction of sp³-hybridized carbons (Fsp3) is 0.111. The summed E-state index contributed by atoms with van der Waals surface area (Å²) in [6.45, 7) is -0.178. The van der Waals surface area contributed by atoms with Gasteiger partial charge in [-0.05, 0) is 24.3 Å². The van der Waals surface area contributed by atoms with Gasteiger partial charge in [-0.15, -0.1) is 0 Å². The maximum Gasteiger partial charge on any atom is 0.275 e. The summed E-state index contributed by atoms with van der Waals surface area (Å²) in [6.07, 6.45) is 1.58. The largest absolute Gasteiger partial charge is 0.497 e. The molecule has 4 aromatic rings. The third kappa shape index (κ3) is 3.02. The van der Waals surface area contributed by atoms with Crippen LogP contribution in [-0.4, -0.2) is 27.8 Å². The van der Waals surface area contributed by atoms with Gasteiger partial charge in [-0.25, -0.2) is 9.67 Å². The van der Waals surface area contributed by atoms with Gasteiger partial charge < -0.3 is 10.1 Å². The number of hydrogen-bond donors (Lipinski definition) is 1. The fourth-order valence-electron chi connectivity index (χ4n) is 2.62. The Morgan fingerprint density at radius 1 is 1.27 bits per heavy atom.